The zero-order valence-corrected chi connectivity index (χ0v) is 12.1. The lowest BCUT2D eigenvalue weighted by Gasteiger charge is -2.34. The van der Waals surface area contributed by atoms with Gasteiger partial charge in [0.1, 0.15) is 0 Å². The first-order valence-electron chi connectivity index (χ1n) is 6.59. The molecule has 1 heterocycles. The van der Waals surface area contributed by atoms with E-state index in [-0.39, 0.29) is 36.7 Å². The predicted octanol–water partition coefficient (Wildman–Crippen LogP) is 1.97. The molecule has 1 aromatic rings. The molecule has 20 heavy (non-hydrogen) atoms. The minimum absolute atomic E-state index is 0. The minimum Gasteiger partial charge on any atom is -0.481 e. The van der Waals surface area contributed by atoms with Crippen molar-refractivity contribution < 1.29 is 13.9 Å². The first kappa shape index (κ1) is 16.7. The predicted molar refractivity (Wildman–Crippen MR) is 77.5 cm³/mol. The van der Waals surface area contributed by atoms with Crippen LogP contribution < -0.4 is 10.5 Å². The van der Waals surface area contributed by atoms with Crippen molar-refractivity contribution >= 4 is 18.3 Å². The molecular weight excluding hydrogens is 283 g/mol. The summed E-state index contributed by atoms with van der Waals surface area (Å²) in [6.45, 7) is 1.03. The number of para-hydroxylation sites is 1. The molecule has 0 spiro atoms. The Bertz CT molecular complexity index is 445. The third kappa shape index (κ3) is 4.08. The van der Waals surface area contributed by atoms with Gasteiger partial charge in [0.15, 0.2) is 18.2 Å². The quantitative estimate of drug-likeness (QED) is 0.925. The van der Waals surface area contributed by atoms with Crippen molar-refractivity contribution in [3.63, 3.8) is 0 Å². The molecule has 0 radical (unpaired) electrons. The summed E-state index contributed by atoms with van der Waals surface area (Å²) in [7, 11) is 0. The molecule has 1 aromatic carbocycles. The average Bonchev–Trinajstić information content (AvgIpc) is 2.46. The molecule has 2 rings (SSSR count). The Morgan fingerprint density at radius 3 is 2.85 bits per heavy atom. The van der Waals surface area contributed by atoms with E-state index in [9.17, 15) is 9.18 Å². The van der Waals surface area contributed by atoms with E-state index < -0.39 is 5.82 Å². The highest BCUT2D eigenvalue weighted by Crippen LogP contribution is 2.18. The van der Waals surface area contributed by atoms with Crippen LogP contribution in [0.3, 0.4) is 0 Å². The maximum Gasteiger partial charge on any atom is 0.260 e. The van der Waals surface area contributed by atoms with Gasteiger partial charge in [0.25, 0.3) is 5.91 Å². The molecule has 0 aromatic heterocycles. The Labute approximate surface area is 124 Å². The number of halogens is 2. The van der Waals surface area contributed by atoms with Crippen molar-refractivity contribution in [2.24, 2.45) is 5.73 Å². The second kappa shape index (κ2) is 8.07. The molecule has 1 amide bonds. The number of hydrogen-bond donors (Lipinski definition) is 1. The van der Waals surface area contributed by atoms with Gasteiger partial charge in [0, 0.05) is 19.1 Å². The maximum absolute atomic E-state index is 13.4. The van der Waals surface area contributed by atoms with Gasteiger partial charge < -0.3 is 15.4 Å². The van der Waals surface area contributed by atoms with Crippen LogP contribution in [0, 0.1) is 5.82 Å². The number of carbonyl (C=O) groups is 1. The van der Waals surface area contributed by atoms with E-state index in [1.54, 1.807) is 17.0 Å². The van der Waals surface area contributed by atoms with Gasteiger partial charge in [-0.25, -0.2) is 4.39 Å². The topological polar surface area (TPSA) is 55.6 Å². The molecule has 0 aliphatic carbocycles. The summed E-state index contributed by atoms with van der Waals surface area (Å²) in [4.78, 5) is 13.8. The molecular formula is C14H20ClFN2O2. The third-order valence-corrected chi connectivity index (χ3v) is 3.41. The highest BCUT2D eigenvalue weighted by molar-refractivity contribution is 5.85. The van der Waals surface area contributed by atoms with Crippen LogP contribution in [-0.2, 0) is 4.79 Å². The van der Waals surface area contributed by atoms with Gasteiger partial charge in [-0.3, -0.25) is 4.79 Å². The van der Waals surface area contributed by atoms with Gasteiger partial charge >= 0.3 is 0 Å². The molecule has 1 aliphatic heterocycles. The van der Waals surface area contributed by atoms with Gasteiger partial charge in [-0.2, -0.15) is 0 Å². The van der Waals surface area contributed by atoms with Crippen LogP contribution >= 0.6 is 12.4 Å². The lowest BCUT2D eigenvalue weighted by Crippen LogP contribution is -2.49. The Kier molecular flexibility index (Phi) is 6.75. The van der Waals surface area contributed by atoms with Crippen LogP contribution in [0.4, 0.5) is 4.39 Å². The number of nitrogens with two attached hydrogens (primary N) is 1. The average molecular weight is 303 g/mol. The molecule has 1 aliphatic rings. The standard InChI is InChI=1S/C14H19FN2O2.ClH/c15-12-6-1-2-7-13(12)19-10-14(18)17-8-4-3-5-11(17)9-16;/h1-2,6-7,11H,3-5,8-10,16H2;1H. The molecule has 1 fully saturated rings. The van der Waals surface area contributed by atoms with E-state index in [4.69, 9.17) is 10.5 Å². The van der Waals surface area contributed by atoms with Gasteiger partial charge in [-0.1, -0.05) is 12.1 Å². The van der Waals surface area contributed by atoms with Crippen molar-refractivity contribution in [2.75, 3.05) is 19.7 Å². The van der Waals surface area contributed by atoms with Gasteiger partial charge in [0.05, 0.1) is 0 Å². The van der Waals surface area contributed by atoms with E-state index >= 15 is 0 Å². The number of amides is 1. The van der Waals surface area contributed by atoms with E-state index in [0.29, 0.717) is 13.1 Å². The second-order valence-electron chi connectivity index (χ2n) is 4.69. The zero-order chi connectivity index (χ0) is 13.7. The first-order chi connectivity index (χ1) is 9.22. The molecule has 2 N–H and O–H groups in total. The molecule has 1 atom stereocenters. The highest BCUT2D eigenvalue weighted by Gasteiger charge is 2.25. The van der Waals surface area contributed by atoms with Gasteiger partial charge in [-0.05, 0) is 31.4 Å². The second-order valence-corrected chi connectivity index (χ2v) is 4.69. The molecule has 0 saturated carbocycles. The Hall–Kier alpha value is -1.33. The largest absolute Gasteiger partial charge is 0.481 e. The van der Waals surface area contributed by atoms with E-state index in [2.05, 4.69) is 0 Å². The number of benzene rings is 1. The van der Waals surface area contributed by atoms with E-state index in [1.165, 1.54) is 12.1 Å². The van der Waals surface area contributed by atoms with Crippen LogP contribution in [-0.4, -0.2) is 36.5 Å². The molecule has 6 heteroatoms. The van der Waals surface area contributed by atoms with Crippen molar-refractivity contribution in [1.29, 1.82) is 0 Å². The molecule has 1 saturated heterocycles. The minimum atomic E-state index is -0.454. The number of likely N-dealkylation sites (tertiary alicyclic amines) is 1. The first-order valence-corrected chi connectivity index (χ1v) is 6.59. The van der Waals surface area contributed by atoms with Crippen molar-refractivity contribution in [3.8, 4) is 5.75 Å². The summed E-state index contributed by atoms with van der Waals surface area (Å²) in [6, 6.07) is 6.17. The maximum atomic E-state index is 13.4. The van der Waals surface area contributed by atoms with Crippen molar-refractivity contribution in [3.05, 3.63) is 30.1 Å². The fourth-order valence-corrected chi connectivity index (χ4v) is 2.36. The smallest absolute Gasteiger partial charge is 0.260 e. The molecule has 4 nitrogen and oxygen atoms in total. The van der Waals surface area contributed by atoms with Gasteiger partial charge in [-0.15, -0.1) is 12.4 Å². The monoisotopic (exact) mass is 302 g/mol. The number of nitrogens with zero attached hydrogens (tertiary/aromatic N) is 1. The number of rotatable bonds is 4. The van der Waals surface area contributed by atoms with Crippen LogP contribution in [0.2, 0.25) is 0 Å². The summed E-state index contributed by atoms with van der Waals surface area (Å²) in [6.07, 6.45) is 3.02. The lowest BCUT2D eigenvalue weighted by atomic mass is 10.0. The number of carbonyl (C=O) groups excluding carboxylic acids is 1. The number of piperidine rings is 1. The SMILES string of the molecule is Cl.NCC1CCCCN1C(=O)COc1ccccc1F. The summed E-state index contributed by atoms with van der Waals surface area (Å²) >= 11 is 0. The van der Waals surface area contributed by atoms with E-state index in [0.717, 1.165) is 19.3 Å². The van der Waals surface area contributed by atoms with Crippen LogP contribution in [0.25, 0.3) is 0 Å². The number of ether oxygens (including phenoxy) is 1. The van der Waals surface area contributed by atoms with Gasteiger partial charge in [0.2, 0.25) is 0 Å². The molecule has 1 unspecified atom stereocenters. The van der Waals surface area contributed by atoms with Crippen LogP contribution in [0.1, 0.15) is 19.3 Å². The fraction of sp³-hybridized carbons (Fsp3) is 0.500. The third-order valence-electron chi connectivity index (χ3n) is 3.41. The Balaban J connectivity index is 0.00000200. The summed E-state index contributed by atoms with van der Waals surface area (Å²) < 4.78 is 18.6. The Morgan fingerprint density at radius 2 is 2.15 bits per heavy atom. The van der Waals surface area contributed by atoms with Crippen LogP contribution in [0.15, 0.2) is 24.3 Å². The molecule has 112 valence electrons. The summed E-state index contributed by atoms with van der Waals surface area (Å²) in [5, 5.41) is 0. The number of hydrogen-bond acceptors (Lipinski definition) is 3. The lowest BCUT2D eigenvalue weighted by molar-refractivity contribution is -0.136. The zero-order valence-electron chi connectivity index (χ0n) is 11.3. The summed E-state index contributed by atoms with van der Waals surface area (Å²) in [5.41, 5.74) is 5.67. The van der Waals surface area contributed by atoms with Crippen molar-refractivity contribution in [2.45, 2.75) is 25.3 Å². The fourth-order valence-electron chi connectivity index (χ4n) is 2.36. The normalized spacial score (nSPS) is 18.3. The molecule has 0 bridgehead atoms. The Morgan fingerprint density at radius 1 is 1.40 bits per heavy atom. The van der Waals surface area contributed by atoms with Crippen LogP contribution in [0.5, 0.6) is 5.75 Å². The van der Waals surface area contributed by atoms with E-state index in [1.807, 2.05) is 0 Å². The highest BCUT2D eigenvalue weighted by atomic mass is 35.5. The summed E-state index contributed by atoms with van der Waals surface area (Å²) in [5.74, 6) is -0.472. The van der Waals surface area contributed by atoms with Crippen molar-refractivity contribution in [1.82, 2.24) is 4.90 Å².